The molecular formula is C24H22N4O4S2. The van der Waals surface area contributed by atoms with Crippen molar-refractivity contribution in [2.24, 2.45) is 0 Å². The number of amides is 3. The number of nitrogens with one attached hydrogen (secondary N) is 1. The Labute approximate surface area is 205 Å². The number of imide groups is 1. The first kappa shape index (κ1) is 23.8. The maximum absolute atomic E-state index is 12.8. The molecule has 1 aromatic heterocycles. The van der Waals surface area contributed by atoms with E-state index in [1.54, 1.807) is 25.1 Å². The third-order valence-electron chi connectivity index (χ3n) is 4.93. The fourth-order valence-corrected chi connectivity index (χ4v) is 4.96. The Balaban J connectivity index is 1.33. The van der Waals surface area contributed by atoms with Crippen molar-refractivity contribution >= 4 is 46.7 Å². The first-order valence-corrected chi connectivity index (χ1v) is 12.3. The summed E-state index contributed by atoms with van der Waals surface area (Å²) in [5.74, 6) is 0.871. The van der Waals surface area contributed by atoms with Crippen LogP contribution >= 0.6 is 23.5 Å². The van der Waals surface area contributed by atoms with E-state index in [1.807, 2.05) is 43.3 Å². The fourth-order valence-electron chi connectivity index (χ4n) is 3.21. The molecule has 1 fully saturated rings. The van der Waals surface area contributed by atoms with Gasteiger partial charge in [0.2, 0.25) is 5.89 Å². The highest BCUT2D eigenvalue weighted by molar-refractivity contribution is 8.18. The van der Waals surface area contributed by atoms with E-state index < -0.39 is 0 Å². The molecule has 1 N–H and O–H groups in total. The smallest absolute Gasteiger partial charge is 0.293 e. The SMILES string of the molecule is Cc1ccc(/C=C2\SC(=O)N(CCNC(=O)c3ccccc3SCc3noc(C)n3)C2=O)cc1. The Bertz CT molecular complexity index is 1250. The lowest BCUT2D eigenvalue weighted by Crippen LogP contribution is -2.37. The average molecular weight is 495 g/mol. The summed E-state index contributed by atoms with van der Waals surface area (Å²) in [4.78, 5) is 44.3. The third-order valence-corrected chi connectivity index (χ3v) is 6.90. The monoisotopic (exact) mass is 494 g/mol. The Morgan fingerprint density at radius 2 is 1.91 bits per heavy atom. The number of nitrogens with zero attached hydrogens (tertiary/aromatic N) is 3. The Morgan fingerprint density at radius 1 is 1.15 bits per heavy atom. The number of aromatic nitrogens is 2. The summed E-state index contributed by atoms with van der Waals surface area (Å²) in [5, 5.41) is 6.33. The van der Waals surface area contributed by atoms with Gasteiger partial charge in [-0.05, 0) is 42.5 Å². The van der Waals surface area contributed by atoms with Crippen LogP contribution in [-0.2, 0) is 10.5 Å². The molecule has 34 heavy (non-hydrogen) atoms. The topological polar surface area (TPSA) is 105 Å². The predicted octanol–water partition coefficient (Wildman–Crippen LogP) is 4.45. The average Bonchev–Trinajstić information content (AvgIpc) is 3.36. The van der Waals surface area contributed by atoms with Crippen LogP contribution in [0.1, 0.15) is 33.2 Å². The van der Waals surface area contributed by atoms with E-state index in [2.05, 4.69) is 15.5 Å². The van der Waals surface area contributed by atoms with Crippen LogP contribution in [0.4, 0.5) is 4.79 Å². The van der Waals surface area contributed by atoms with Crippen molar-refractivity contribution in [3.8, 4) is 0 Å². The van der Waals surface area contributed by atoms with Crippen molar-refractivity contribution in [3.05, 3.63) is 81.8 Å². The van der Waals surface area contributed by atoms with Crippen LogP contribution in [-0.4, -0.2) is 45.2 Å². The molecule has 0 spiro atoms. The molecule has 174 valence electrons. The lowest BCUT2D eigenvalue weighted by Gasteiger charge is -2.14. The molecule has 0 atom stereocenters. The fraction of sp³-hybridized carbons (Fsp3) is 0.208. The molecule has 10 heteroatoms. The Kier molecular flexibility index (Phi) is 7.49. The van der Waals surface area contributed by atoms with Crippen LogP contribution in [0.2, 0.25) is 0 Å². The minimum atomic E-state index is -0.351. The largest absolute Gasteiger partial charge is 0.350 e. The van der Waals surface area contributed by atoms with E-state index in [0.29, 0.717) is 27.9 Å². The van der Waals surface area contributed by atoms with Crippen molar-refractivity contribution in [2.75, 3.05) is 13.1 Å². The minimum absolute atomic E-state index is 0.0963. The molecule has 1 saturated heterocycles. The van der Waals surface area contributed by atoms with E-state index in [4.69, 9.17) is 4.52 Å². The minimum Gasteiger partial charge on any atom is -0.350 e. The van der Waals surface area contributed by atoms with Crippen LogP contribution in [0.5, 0.6) is 0 Å². The highest BCUT2D eigenvalue weighted by Crippen LogP contribution is 2.32. The van der Waals surface area contributed by atoms with Crippen molar-refractivity contribution in [3.63, 3.8) is 0 Å². The molecule has 0 radical (unpaired) electrons. The zero-order valence-electron chi connectivity index (χ0n) is 18.6. The molecule has 0 aliphatic carbocycles. The number of hydrogen-bond donors (Lipinski definition) is 1. The molecule has 3 amide bonds. The Hall–Kier alpha value is -3.37. The number of aryl methyl sites for hydroxylation is 2. The molecule has 1 aliphatic rings. The molecular weight excluding hydrogens is 472 g/mol. The summed E-state index contributed by atoms with van der Waals surface area (Å²) >= 11 is 2.34. The van der Waals surface area contributed by atoms with Crippen molar-refractivity contribution in [1.29, 1.82) is 0 Å². The van der Waals surface area contributed by atoms with Gasteiger partial charge in [0.05, 0.1) is 16.2 Å². The lowest BCUT2D eigenvalue weighted by molar-refractivity contribution is -0.122. The maximum Gasteiger partial charge on any atom is 0.293 e. The van der Waals surface area contributed by atoms with Gasteiger partial charge in [0, 0.05) is 24.9 Å². The van der Waals surface area contributed by atoms with Gasteiger partial charge in [-0.2, -0.15) is 4.98 Å². The molecule has 3 aromatic rings. The predicted molar refractivity (Wildman–Crippen MR) is 131 cm³/mol. The number of rotatable bonds is 8. The lowest BCUT2D eigenvalue weighted by atomic mass is 10.1. The molecule has 2 heterocycles. The van der Waals surface area contributed by atoms with Gasteiger partial charge in [-0.3, -0.25) is 19.3 Å². The second-order valence-corrected chi connectivity index (χ2v) is 9.52. The molecule has 1 aliphatic heterocycles. The van der Waals surface area contributed by atoms with E-state index in [1.165, 1.54) is 11.8 Å². The summed E-state index contributed by atoms with van der Waals surface area (Å²) in [6.07, 6.45) is 1.71. The second kappa shape index (κ2) is 10.7. The molecule has 0 saturated carbocycles. The number of carbonyl (C=O) groups is 3. The van der Waals surface area contributed by atoms with E-state index in [-0.39, 0.29) is 30.1 Å². The van der Waals surface area contributed by atoms with Gasteiger partial charge < -0.3 is 9.84 Å². The van der Waals surface area contributed by atoms with Crippen LogP contribution in [0.25, 0.3) is 6.08 Å². The summed E-state index contributed by atoms with van der Waals surface area (Å²) < 4.78 is 4.98. The van der Waals surface area contributed by atoms with Crippen LogP contribution in [0, 0.1) is 13.8 Å². The number of hydrogen-bond acceptors (Lipinski definition) is 8. The van der Waals surface area contributed by atoms with Gasteiger partial charge in [-0.25, -0.2) is 0 Å². The van der Waals surface area contributed by atoms with Gasteiger partial charge >= 0.3 is 0 Å². The van der Waals surface area contributed by atoms with Crippen LogP contribution < -0.4 is 5.32 Å². The number of carbonyl (C=O) groups excluding carboxylic acids is 3. The van der Waals surface area contributed by atoms with E-state index in [0.717, 1.165) is 32.7 Å². The third kappa shape index (κ3) is 5.75. The normalized spacial score (nSPS) is 14.8. The highest BCUT2D eigenvalue weighted by atomic mass is 32.2. The zero-order chi connectivity index (χ0) is 24.1. The molecule has 2 aromatic carbocycles. The van der Waals surface area contributed by atoms with Gasteiger partial charge in [0.15, 0.2) is 5.82 Å². The van der Waals surface area contributed by atoms with Crippen LogP contribution in [0.15, 0.2) is 62.9 Å². The Morgan fingerprint density at radius 3 is 2.65 bits per heavy atom. The number of thioether (sulfide) groups is 2. The van der Waals surface area contributed by atoms with Crippen molar-refractivity contribution in [1.82, 2.24) is 20.4 Å². The van der Waals surface area contributed by atoms with E-state index >= 15 is 0 Å². The molecule has 8 nitrogen and oxygen atoms in total. The van der Waals surface area contributed by atoms with Crippen molar-refractivity contribution < 1.29 is 18.9 Å². The first-order valence-electron chi connectivity index (χ1n) is 10.5. The van der Waals surface area contributed by atoms with Gasteiger partial charge in [-0.15, -0.1) is 11.8 Å². The molecule has 0 bridgehead atoms. The molecule has 0 unspecified atom stereocenters. The summed E-state index contributed by atoms with van der Waals surface area (Å²) in [6, 6.07) is 14.9. The van der Waals surface area contributed by atoms with Gasteiger partial charge in [0.1, 0.15) is 0 Å². The quantitative estimate of drug-likeness (QED) is 0.362. The number of benzene rings is 2. The van der Waals surface area contributed by atoms with Crippen LogP contribution in [0.3, 0.4) is 0 Å². The summed E-state index contributed by atoms with van der Waals surface area (Å²) in [7, 11) is 0. The maximum atomic E-state index is 12.8. The second-order valence-electron chi connectivity index (χ2n) is 7.51. The summed E-state index contributed by atoms with van der Waals surface area (Å²) in [5.41, 5.74) is 2.47. The van der Waals surface area contributed by atoms with Gasteiger partial charge in [-0.1, -0.05) is 47.1 Å². The van der Waals surface area contributed by atoms with Gasteiger partial charge in [0.25, 0.3) is 17.1 Å². The molecule has 4 rings (SSSR count). The van der Waals surface area contributed by atoms with Crippen molar-refractivity contribution in [2.45, 2.75) is 24.5 Å². The highest BCUT2D eigenvalue weighted by Gasteiger charge is 2.34. The first-order chi connectivity index (χ1) is 16.4. The standard InChI is InChI=1S/C24H22N4O4S2/c1-15-7-9-17(10-8-15)13-20-23(30)28(24(31)34-20)12-11-25-22(29)18-5-3-4-6-19(18)33-14-21-26-16(2)32-27-21/h3-10,13H,11-12,14H2,1-2H3,(H,25,29)/b20-13-. The van der Waals surface area contributed by atoms with E-state index in [9.17, 15) is 14.4 Å². The zero-order valence-corrected chi connectivity index (χ0v) is 20.2. The summed E-state index contributed by atoms with van der Waals surface area (Å²) in [6.45, 7) is 3.95.